The second-order valence-electron chi connectivity index (χ2n) is 5.97. The van der Waals surface area contributed by atoms with E-state index in [-0.39, 0.29) is 5.54 Å². The van der Waals surface area contributed by atoms with Crippen molar-refractivity contribution in [2.75, 3.05) is 6.54 Å². The molecule has 2 rings (SSSR count). The number of hydrogen-bond donors (Lipinski definition) is 1. The third-order valence-electron chi connectivity index (χ3n) is 2.84. The Hall–Kier alpha value is -1.46. The summed E-state index contributed by atoms with van der Waals surface area (Å²) in [6.45, 7) is 8.02. The highest BCUT2D eigenvalue weighted by molar-refractivity contribution is 7.11. The molecule has 0 saturated carbocycles. The van der Waals surface area contributed by atoms with E-state index >= 15 is 0 Å². The van der Waals surface area contributed by atoms with Crippen LogP contribution in [0.3, 0.4) is 0 Å². The summed E-state index contributed by atoms with van der Waals surface area (Å²) in [5.74, 6) is 0.864. The third kappa shape index (κ3) is 6.23. The lowest BCUT2D eigenvalue weighted by atomic mass is 10.1. The number of para-hydroxylation sites is 1. The number of benzene rings is 1. The first-order valence-electron chi connectivity index (χ1n) is 7.27. The van der Waals surface area contributed by atoms with E-state index in [1.807, 2.05) is 30.3 Å². The van der Waals surface area contributed by atoms with E-state index in [0.717, 1.165) is 35.2 Å². The molecule has 0 fully saturated rings. The molecular weight excluding hydrogens is 282 g/mol. The summed E-state index contributed by atoms with van der Waals surface area (Å²) in [7, 11) is 0. The number of ether oxygens (including phenoxy) is 1. The van der Waals surface area contributed by atoms with Gasteiger partial charge >= 0.3 is 0 Å². The quantitative estimate of drug-likeness (QED) is 0.796. The summed E-state index contributed by atoms with van der Waals surface area (Å²) in [4.78, 5) is 0. The van der Waals surface area contributed by atoms with Gasteiger partial charge in [0.15, 0.2) is 5.01 Å². The van der Waals surface area contributed by atoms with Gasteiger partial charge in [-0.05, 0) is 45.9 Å². The fourth-order valence-corrected chi connectivity index (χ4v) is 2.61. The van der Waals surface area contributed by atoms with E-state index in [1.54, 1.807) is 11.3 Å². The standard InChI is InChI=1S/C16H23N3OS/c1-16(2,3)17-11-7-10-14-18-19-15(21-14)12-20-13-8-5-4-6-9-13/h4-6,8-9,17H,7,10-12H2,1-3H3. The van der Waals surface area contributed by atoms with Gasteiger partial charge in [-0.15, -0.1) is 10.2 Å². The summed E-state index contributed by atoms with van der Waals surface area (Å²) in [5, 5.41) is 13.9. The number of nitrogens with zero attached hydrogens (tertiary/aromatic N) is 2. The van der Waals surface area contributed by atoms with Crippen LogP contribution in [0.5, 0.6) is 5.75 Å². The molecule has 5 heteroatoms. The van der Waals surface area contributed by atoms with E-state index < -0.39 is 0 Å². The Labute approximate surface area is 130 Å². The van der Waals surface area contributed by atoms with Crippen LogP contribution in [0, 0.1) is 0 Å². The van der Waals surface area contributed by atoms with Crippen LogP contribution in [0.15, 0.2) is 30.3 Å². The Morgan fingerprint density at radius 2 is 1.81 bits per heavy atom. The molecule has 0 bridgehead atoms. The van der Waals surface area contributed by atoms with Crippen LogP contribution in [0.25, 0.3) is 0 Å². The van der Waals surface area contributed by atoms with E-state index in [9.17, 15) is 0 Å². The number of hydrogen-bond acceptors (Lipinski definition) is 5. The minimum atomic E-state index is 0.176. The van der Waals surface area contributed by atoms with Crippen LogP contribution < -0.4 is 10.1 Å². The smallest absolute Gasteiger partial charge is 0.155 e. The zero-order chi connectivity index (χ0) is 15.1. The molecule has 1 N–H and O–H groups in total. The van der Waals surface area contributed by atoms with Crippen LogP contribution in [0.2, 0.25) is 0 Å². The molecule has 0 unspecified atom stereocenters. The van der Waals surface area contributed by atoms with Crippen molar-refractivity contribution in [3.05, 3.63) is 40.3 Å². The van der Waals surface area contributed by atoms with E-state index in [2.05, 4.69) is 36.3 Å². The Morgan fingerprint density at radius 3 is 2.52 bits per heavy atom. The van der Waals surface area contributed by atoms with E-state index in [1.165, 1.54) is 0 Å². The van der Waals surface area contributed by atoms with Gasteiger partial charge in [-0.2, -0.15) is 0 Å². The molecule has 0 spiro atoms. The van der Waals surface area contributed by atoms with Gasteiger partial charge in [0.25, 0.3) is 0 Å². The first kappa shape index (κ1) is 15.9. The number of nitrogens with one attached hydrogen (secondary N) is 1. The minimum Gasteiger partial charge on any atom is -0.486 e. The van der Waals surface area contributed by atoms with Crippen molar-refractivity contribution in [2.24, 2.45) is 0 Å². The maximum absolute atomic E-state index is 5.67. The van der Waals surface area contributed by atoms with Crippen molar-refractivity contribution in [3.8, 4) is 5.75 Å². The van der Waals surface area contributed by atoms with Gasteiger partial charge in [0, 0.05) is 12.0 Å². The number of rotatable bonds is 7. The molecule has 2 aromatic rings. The fraction of sp³-hybridized carbons (Fsp3) is 0.500. The predicted octanol–water partition coefficient (Wildman–Crippen LogP) is 3.44. The van der Waals surface area contributed by atoms with Gasteiger partial charge in [-0.1, -0.05) is 29.5 Å². The SMILES string of the molecule is CC(C)(C)NCCCc1nnc(COc2ccccc2)s1. The van der Waals surface area contributed by atoms with Gasteiger partial charge < -0.3 is 10.1 Å². The highest BCUT2D eigenvalue weighted by Crippen LogP contribution is 2.15. The molecule has 114 valence electrons. The molecule has 1 aromatic heterocycles. The van der Waals surface area contributed by atoms with Crippen molar-refractivity contribution in [1.29, 1.82) is 0 Å². The van der Waals surface area contributed by atoms with Crippen molar-refractivity contribution in [1.82, 2.24) is 15.5 Å². The Morgan fingerprint density at radius 1 is 1.10 bits per heavy atom. The summed E-state index contributed by atoms with van der Waals surface area (Å²) in [6, 6.07) is 9.79. The predicted molar refractivity (Wildman–Crippen MR) is 86.8 cm³/mol. The number of aryl methyl sites for hydroxylation is 1. The van der Waals surface area contributed by atoms with Gasteiger partial charge in [0.1, 0.15) is 17.4 Å². The molecule has 1 aromatic carbocycles. The molecule has 4 nitrogen and oxygen atoms in total. The maximum Gasteiger partial charge on any atom is 0.155 e. The second-order valence-corrected chi connectivity index (χ2v) is 7.12. The fourth-order valence-electron chi connectivity index (χ4n) is 1.81. The molecule has 0 aliphatic heterocycles. The first-order valence-corrected chi connectivity index (χ1v) is 8.09. The van der Waals surface area contributed by atoms with Crippen LogP contribution >= 0.6 is 11.3 Å². The molecular formula is C16H23N3OS. The summed E-state index contributed by atoms with van der Waals surface area (Å²) < 4.78 is 5.67. The minimum absolute atomic E-state index is 0.176. The molecule has 1 heterocycles. The van der Waals surface area contributed by atoms with Crippen molar-refractivity contribution >= 4 is 11.3 Å². The van der Waals surface area contributed by atoms with Gasteiger partial charge in [0.2, 0.25) is 0 Å². The third-order valence-corrected chi connectivity index (χ3v) is 3.79. The summed E-state index contributed by atoms with van der Waals surface area (Å²) in [6.07, 6.45) is 2.04. The molecule has 0 amide bonds. The van der Waals surface area contributed by atoms with Gasteiger partial charge in [0.05, 0.1) is 0 Å². The van der Waals surface area contributed by atoms with Gasteiger partial charge in [-0.25, -0.2) is 0 Å². The monoisotopic (exact) mass is 305 g/mol. The van der Waals surface area contributed by atoms with Crippen molar-refractivity contribution < 1.29 is 4.74 Å². The Kier molecular flexibility index (Phi) is 5.70. The topological polar surface area (TPSA) is 47.0 Å². The maximum atomic E-state index is 5.67. The average Bonchev–Trinajstić information content (AvgIpc) is 2.89. The largest absolute Gasteiger partial charge is 0.486 e. The lowest BCUT2D eigenvalue weighted by molar-refractivity contribution is 0.304. The van der Waals surface area contributed by atoms with Crippen molar-refractivity contribution in [3.63, 3.8) is 0 Å². The molecule has 21 heavy (non-hydrogen) atoms. The van der Waals surface area contributed by atoms with E-state index in [4.69, 9.17) is 4.74 Å². The zero-order valence-corrected chi connectivity index (χ0v) is 13.7. The molecule has 0 aliphatic rings. The van der Waals surface area contributed by atoms with Crippen LogP contribution in [-0.2, 0) is 13.0 Å². The lowest BCUT2D eigenvalue weighted by Gasteiger charge is -2.20. The van der Waals surface area contributed by atoms with Crippen LogP contribution in [0.4, 0.5) is 0 Å². The Balaban J connectivity index is 1.71. The number of aromatic nitrogens is 2. The van der Waals surface area contributed by atoms with E-state index in [0.29, 0.717) is 6.61 Å². The normalized spacial score (nSPS) is 11.6. The first-order chi connectivity index (χ1) is 10.0. The zero-order valence-electron chi connectivity index (χ0n) is 12.9. The highest BCUT2D eigenvalue weighted by atomic mass is 32.1. The van der Waals surface area contributed by atoms with Crippen LogP contribution in [0.1, 0.15) is 37.2 Å². The second kappa shape index (κ2) is 7.52. The van der Waals surface area contributed by atoms with Crippen LogP contribution in [-0.4, -0.2) is 22.3 Å². The molecule has 0 saturated heterocycles. The molecule has 0 radical (unpaired) electrons. The average molecular weight is 305 g/mol. The van der Waals surface area contributed by atoms with Crippen molar-refractivity contribution in [2.45, 2.75) is 45.8 Å². The summed E-state index contributed by atoms with van der Waals surface area (Å²) in [5.41, 5.74) is 0.176. The Bertz CT molecular complexity index is 534. The summed E-state index contributed by atoms with van der Waals surface area (Å²) >= 11 is 1.64. The lowest BCUT2D eigenvalue weighted by Crippen LogP contribution is -2.36. The highest BCUT2D eigenvalue weighted by Gasteiger charge is 2.09. The molecule has 0 aliphatic carbocycles. The van der Waals surface area contributed by atoms with Gasteiger partial charge in [-0.3, -0.25) is 0 Å². The molecule has 0 atom stereocenters.